The topological polar surface area (TPSA) is 79.3 Å². The molecule has 0 saturated heterocycles. The first-order valence-electron chi connectivity index (χ1n) is 11.7. The van der Waals surface area contributed by atoms with E-state index in [-0.39, 0.29) is 6.04 Å². The number of ether oxygens (including phenoxy) is 2. The molecule has 0 unspecified atom stereocenters. The van der Waals surface area contributed by atoms with Crippen LogP contribution in [0.3, 0.4) is 0 Å². The van der Waals surface area contributed by atoms with E-state index in [1.54, 1.807) is 7.11 Å². The first kappa shape index (κ1) is 20.9. The van der Waals surface area contributed by atoms with E-state index >= 15 is 0 Å². The van der Waals surface area contributed by atoms with Gasteiger partial charge in [-0.25, -0.2) is 9.98 Å². The van der Waals surface area contributed by atoms with E-state index in [0.717, 1.165) is 46.6 Å². The minimum absolute atomic E-state index is 0.215. The maximum atomic E-state index is 6.35. The van der Waals surface area contributed by atoms with E-state index in [0.29, 0.717) is 30.7 Å². The van der Waals surface area contributed by atoms with Crippen LogP contribution in [0.15, 0.2) is 29.5 Å². The van der Waals surface area contributed by atoms with Gasteiger partial charge in [-0.05, 0) is 30.5 Å². The highest BCUT2D eigenvalue weighted by molar-refractivity contribution is 6.31. The van der Waals surface area contributed by atoms with Gasteiger partial charge in [-0.15, -0.1) is 10.2 Å². The Hall–Kier alpha value is -2.71. The first-order chi connectivity index (χ1) is 16.2. The molecular weight excluding hydrogens is 440 g/mol. The fourth-order valence-corrected chi connectivity index (χ4v) is 5.54. The molecule has 1 saturated carbocycles. The molecule has 6 rings (SSSR count). The van der Waals surface area contributed by atoms with Crippen molar-refractivity contribution in [3.63, 3.8) is 0 Å². The lowest BCUT2D eigenvalue weighted by Crippen LogP contribution is -2.15. The van der Waals surface area contributed by atoms with Crippen LogP contribution in [0.25, 0.3) is 17.1 Å². The summed E-state index contributed by atoms with van der Waals surface area (Å²) in [5.74, 6) is 2.93. The second-order valence-corrected chi connectivity index (χ2v) is 9.61. The predicted octanol–water partition coefficient (Wildman–Crippen LogP) is 4.41. The van der Waals surface area contributed by atoms with Crippen molar-refractivity contribution in [1.29, 1.82) is 0 Å². The lowest BCUT2D eigenvalue weighted by Gasteiger charge is -2.22. The van der Waals surface area contributed by atoms with Gasteiger partial charge in [-0.3, -0.25) is 4.57 Å². The van der Waals surface area contributed by atoms with Crippen LogP contribution in [-0.2, 0) is 22.6 Å². The van der Waals surface area contributed by atoms with Gasteiger partial charge in [-0.1, -0.05) is 43.7 Å². The summed E-state index contributed by atoms with van der Waals surface area (Å²) in [6.45, 7) is 1.54. The predicted molar refractivity (Wildman–Crippen MR) is 125 cm³/mol. The average Bonchev–Trinajstić information content (AvgIpc) is 3.53. The standard InChI is InChI=1S/C24H27ClN6O2/c1-32-13-21-28-29-23-18-10-16(25)7-8-19(18)31-14-26-22(20(31)11-30(21)23)24-27-17(12-33-24)9-15-5-3-2-4-6-15/h7-8,10,14-15,17H,2-6,9,11-13H2,1H3/t17-/m0/s1. The van der Waals surface area contributed by atoms with E-state index in [2.05, 4.69) is 19.3 Å². The zero-order chi connectivity index (χ0) is 22.4. The summed E-state index contributed by atoms with van der Waals surface area (Å²) in [7, 11) is 1.66. The molecule has 33 heavy (non-hydrogen) atoms. The van der Waals surface area contributed by atoms with Gasteiger partial charge in [0, 0.05) is 17.7 Å². The molecule has 0 N–H and O–H groups in total. The Morgan fingerprint density at radius 1 is 1.18 bits per heavy atom. The summed E-state index contributed by atoms with van der Waals surface area (Å²) in [5.41, 5.74) is 3.64. The molecule has 3 aliphatic rings. The van der Waals surface area contributed by atoms with Gasteiger partial charge >= 0.3 is 0 Å². The number of nitrogens with zero attached hydrogens (tertiary/aromatic N) is 6. The third kappa shape index (κ3) is 3.75. The SMILES string of the molecule is COCc1nnc2n1Cc1c(C3=N[C@@H](CC4CCCCC4)CO3)ncn1-c1ccc(Cl)cc1-2. The summed E-state index contributed by atoms with van der Waals surface area (Å²) >= 11 is 6.35. The number of rotatable bonds is 5. The van der Waals surface area contributed by atoms with Gasteiger partial charge in [0.1, 0.15) is 25.2 Å². The first-order valence-corrected chi connectivity index (χ1v) is 12.1. The van der Waals surface area contributed by atoms with Crippen molar-refractivity contribution in [1.82, 2.24) is 24.3 Å². The molecule has 1 aromatic carbocycles. The molecule has 4 heterocycles. The fourth-order valence-electron chi connectivity index (χ4n) is 5.37. The van der Waals surface area contributed by atoms with Crippen molar-refractivity contribution in [2.24, 2.45) is 10.9 Å². The molecule has 3 aromatic rings. The van der Waals surface area contributed by atoms with E-state index in [1.807, 2.05) is 24.5 Å². The number of benzene rings is 1. The second-order valence-electron chi connectivity index (χ2n) is 9.17. The minimum Gasteiger partial charge on any atom is -0.474 e. The van der Waals surface area contributed by atoms with Crippen molar-refractivity contribution >= 4 is 17.5 Å². The number of aromatic nitrogens is 5. The van der Waals surface area contributed by atoms with Gasteiger partial charge in [-0.2, -0.15) is 0 Å². The van der Waals surface area contributed by atoms with E-state index in [4.69, 9.17) is 31.1 Å². The smallest absolute Gasteiger partial charge is 0.237 e. The molecule has 8 nitrogen and oxygen atoms in total. The van der Waals surface area contributed by atoms with Gasteiger partial charge in [0.05, 0.1) is 24.0 Å². The third-order valence-electron chi connectivity index (χ3n) is 6.98. The Kier molecular flexibility index (Phi) is 5.42. The van der Waals surface area contributed by atoms with Crippen molar-refractivity contribution in [2.45, 2.75) is 57.7 Å². The molecule has 1 fully saturated rings. The van der Waals surface area contributed by atoms with Gasteiger partial charge in [0.15, 0.2) is 11.6 Å². The van der Waals surface area contributed by atoms with Crippen LogP contribution < -0.4 is 0 Å². The van der Waals surface area contributed by atoms with E-state index < -0.39 is 0 Å². The highest BCUT2D eigenvalue weighted by Gasteiger charge is 2.31. The number of hydrogen-bond acceptors (Lipinski definition) is 6. The molecule has 2 aliphatic heterocycles. The van der Waals surface area contributed by atoms with Crippen LogP contribution in [0.5, 0.6) is 0 Å². The van der Waals surface area contributed by atoms with Gasteiger partial charge < -0.3 is 14.0 Å². The Labute approximate surface area is 197 Å². The second kappa shape index (κ2) is 8.57. The molecule has 2 aromatic heterocycles. The largest absolute Gasteiger partial charge is 0.474 e. The highest BCUT2D eigenvalue weighted by atomic mass is 35.5. The Morgan fingerprint density at radius 2 is 2.06 bits per heavy atom. The normalized spacial score (nSPS) is 19.9. The Balaban J connectivity index is 1.39. The van der Waals surface area contributed by atoms with Gasteiger partial charge in [0.25, 0.3) is 0 Å². The number of hydrogen-bond donors (Lipinski definition) is 0. The maximum Gasteiger partial charge on any atom is 0.237 e. The molecule has 0 bridgehead atoms. The third-order valence-corrected chi connectivity index (χ3v) is 7.21. The minimum atomic E-state index is 0.215. The Morgan fingerprint density at radius 3 is 2.91 bits per heavy atom. The number of halogens is 1. The number of aliphatic imine (C=N–C) groups is 1. The van der Waals surface area contributed by atoms with Crippen LogP contribution in [0.1, 0.15) is 55.7 Å². The molecular formula is C24H27ClN6O2. The van der Waals surface area contributed by atoms with Gasteiger partial charge in [0.2, 0.25) is 5.90 Å². The number of imidazole rings is 1. The van der Waals surface area contributed by atoms with E-state index in [9.17, 15) is 0 Å². The van der Waals surface area contributed by atoms with Crippen LogP contribution in [0.2, 0.25) is 5.02 Å². The summed E-state index contributed by atoms with van der Waals surface area (Å²) in [5, 5.41) is 9.48. The van der Waals surface area contributed by atoms with Crippen LogP contribution in [-0.4, -0.2) is 50.0 Å². The highest BCUT2D eigenvalue weighted by Crippen LogP contribution is 2.35. The zero-order valence-electron chi connectivity index (χ0n) is 18.7. The molecule has 9 heteroatoms. The summed E-state index contributed by atoms with van der Waals surface area (Å²) in [6.07, 6.45) is 9.64. The van der Waals surface area contributed by atoms with Crippen LogP contribution in [0, 0.1) is 5.92 Å². The quantitative estimate of drug-likeness (QED) is 0.435. The van der Waals surface area contributed by atoms with Crippen LogP contribution in [0.4, 0.5) is 0 Å². The monoisotopic (exact) mass is 466 g/mol. The summed E-state index contributed by atoms with van der Waals surface area (Å²) in [6, 6.07) is 6.02. The zero-order valence-corrected chi connectivity index (χ0v) is 19.5. The maximum absolute atomic E-state index is 6.35. The number of fused-ring (bicyclic) bond motifs is 5. The fraction of sp³-hybridized carbons (Fsp3) is 0.500. The molecule has 0 radical (unpaired) electrons. The molecule has 1 aliphatic carbocycles. The van der Waals surface area contributed by atoms with Crippen molar-refractivity contribution in [3.8, 4) is 17.1 Å². The number of methoxy groups -OCH3 is 1. The summed E-state index contributed by atoms with van der Waals surface area (Å²) in [4.78, 5) is 9.71. The molecule has 0 amide bonds. The summed E-state index contributed by atoms with van der Waals surface area (Å²) < 4.78 is 15.6. The molecule has 0 spiro atoms. The van der Waals surface area contributed by atoms with Crippen molar-refractivity contribution in [2.75, 3.05) is 13.7 Å². The van der Waals surface area contributed by atoms with Crippen molar-refractivity contribution in [3.05, 3.63) is 46.8 Å². The van der Waals surface area contributed by atoms with Crippen LogP contribution >= 0.6 is 11.6 Å². The lowest BCUT2D eigenvalue weighted by molar-refractivity contribution is 0.174. The van der Waals surface area contributed by atoms with E-state index in [1.165, 1.54) is 32.1 Å². The average molecular weight is 467 g/mol. The molecule has 1 atom stereocenters. The molecule has 172 valence electrons. The van der Waals surface area contributed by atoms with Crippen molar-refractivity contribution < 1.29 is 9.47 Å². The Bertz CT molecular complexity index is 1210. The lowest BCUT2D eigenvalue weighted by atomic mass is 9.85.